The van der Waals surface area contributed by atoms with Crippen LogP contribution in [0.5, 0.6) is 0 Å². The zero-order valence-electron chi connectivity index (χ0n) is 13.8. The number of aryl methyl sites for hydroxylation is 2. The molecule has 0 saturated heterocycles. The van der Waals surface area contributed by atoms with Crippen molar-refractivity contribution in [1.29, 1.82) is 0 Å². The van der Waals surface area contributed by atoms with Crippen LogP contribution in [-0.2, 0) is 4.79 Å². The predicted octanol–water partition coefficient (Wildman–Crippen LogP) is 3.19. The van der Waals surface area contributed by atoms with Gasteiger partial charge in [-0.1, -0.05) is 31.8 Å². The summed E-state index contributed by atoms with van der Waals surface area (Å²) in [7, 11) is 0. The molecule has 0 aliphatic rings. The topological polar surface area (TPSA) is 75.4 Å². The maximum atomic E-state index is 12.2. The fourth-order valence-corrected chi connectivity index (χ4v) is 3.00. The minimum absolute atomic E-state index is 0.132. The van der Waals surface area contributed by atoms with E-state index in [1.807, 2.05) is 34.6 Å². The van der Waals surface area contributed by atoms with Crippen LogP contribution >= 0.6 is 0 Å². The molecule has 1 aromatic heterocycles. The highest BCUT2D eigenvalue weighted by Crippen LogP contribution is 2.25. The van der Waals surface area contributed by atoms with Gasteiger partial charge in [0.15, 0.2) is 0 Å². The Hall–Kier alpha value is -1.36. The highest BCUT2D eigenvalue weighted by molar-refractivity contribution is 5.77. The SMILES string of the molecule is CCCC(O)(CCC)CC(=O)NC(C)c1c(C)noc1C. The largest absolute Gasteiger partial charge is 0.389 e. The van der Waals surface area contributed by atoms with Gasteiger partial charge >= 0.3 is 0 Å². The fraction of sp³-hybridized carbons (Fsp3) is 0.750. The van der Waals surface area contributed by atoms with E-state index >= 15 is 0 Å². The molecule has 0 aliphatic carbocycles. The third kappa shape index (κ3) is 4.84. The van der Waals surface area contributed by atoms with Crippen molar-refractivity contribution < 1.29 is 14.4 Å². The molecule has 120 valence electrons. The second-order valence-corrected chi connectivity index (χ2v) is 5.93. The van der Waals surface area contributed by atoms with Crippen molar-refractivity contribution in [3.8, 4) is 0 Å². The third-order valence-electron chi connectivity index (χ3n) is 3.82. The van der Waals surface area contributed by atoms with Gasteiger partial charge in [-0.2, -0.15) is 0 Å². The number of aromatic nitrogens is 1. The van der Waals surface area contributed by atoms with Crippen LogP contribution in [0.15, 0.2) is 4.52 Å². The Bertz CT molecular complexity index is 443. The molecule has 1 unspecified atom stereocenters. The summed E-state index contributed by atoms with van der Waals surface area (Å²) in [6.45, 7) is 9.64. The van der Waals surface area contributed by atoms with Crippen LogP contribution in [0.2, 0.25) is 0 Å². The van der Waals surface area contributed by atoms with Crippen molar-refractivity contribution in [3.05, 3.63) is 17.0 Å². The molecule has 5 nitrogen and oxygen atoms in total. The summed E-state index contributed by atoms with van der Waals surface area (Å²) in [5.41, 5.74) is 0.807. The molecule has 0 fully saturated rings. The van der Waals surface area contributed by atoms with Gasteiger partial charge in [0.2, 0.25) is 5.91 Å². The molecule has 1 rings (SSSR count). The Morgan fingerprint density at radius 2 is 1.90 bits per heavy atom. The molecule has 2 N–H and O–H groups in total. The Labute approximate surface area is 127 Å². The average Bonchev–Trinajstić information content (AvgIpc) is 2.68. The van der Waals surface area contributed by atoms with Crippen LogP contribution in [-0.4, -0.2) is 21.8 Å². The number of hydrogen-bond acceptors (Lipinski definition) is 4. The van der Waals surface area contributed by atoms with Gasteiger partial charge in [0.05, 0.1) is 23.8 Å². The van der Waals surface area contributed by atoms with Crippen molar-refractivity contribution in [2.75, 3.05) is 0 Å². The summed E-state index contributed by atoms with van der Waals surface area (Å²) in [6, 6.07) is -0.170. The first kappa shape index (κ1) is 17.7. The van der Waals surface area contributed by atoms with E-state index < -0.39 is 5.60 Å². The van der Waals surface area contributed by atoms with Gasteiger partial charge in [-0.15, -0.1) is 0 Å². The van der Waals surface area contributed by atoms with E-state index in [1.54, 1.807) is 0 Å². The first-order valence-corrected chi connectivity index (χ1v) is 7.77. The molecule has 0 bridgehead atoms. The van der Waals surface area contributed by atoms with E-state index in [9.17, 15) is 9.90 Å². The summed E-state index contributed by atoms with van der Waals surface area (Å²) in [6.07, 6.45) is 3.16. The number of aliphatic hydroxyl groups is 1. The van der Waals surface area contributed by atoms with E-state index in [0.717, 1.165) is 29.9 Å². The Kier molecular flexibility index (Phi) is 6.40. The molecule has 0 aromatic carbocycles. The Balaban J connectivity index is 2.68. The average molecular weight is 296 g/mol. The maximum absolute atomic E-state index is 12.2. The summed E-state index contributed by atoms with van der Waals surface area (Å²) in [5, 5.41) is 17.4. The van der Waals surface area contributed by atoms with Gasteiger partial charge in [-0.25, -0.2) is 0 Å². The molecule has 1 heterocycles. The zero-order chi connectivity index (χ0) is 16.0. The number of rotatable bonds is 8. The Morgan fingerprint density at radius 1 is 1.33 bits per heavy atom. The summed E-state index contributed by atoms with van der Waals surface area (Å²) in [5.74, 6) is 0.588. The molecule has 0 spiro atoms. The van der Waals surface area contributed by atoms with E-state index in [4.69, 9.17) is 4.52 Å². The molecule has 1 atom stereocenters. The normalized spacial score (nSPS) is 13.2. The van der Waals surface area contributed by atoms with Crippen LogP contribution in [0.1, 0.15) is 75.9 Å². The highest BCUT2D eigenvalue weighted by Gasteiger charge is 2.29. The maximum Gasteiger partial charge on any atom is 0.223 e. The van der Waals surface area contributed by atoms with E-state index in [0.29, 0.717) is 12.8 Å². The minimum atomic E-state index is -0.897. The molecular weight excluding hydrogens is 268 g/mol. The van der Waals surface area contributed by atoms with Crippen LogP contribution < -0.4 is 5.32 Å². The second-order valence-electron chi connectivity index (χ2n) is 5.93. The fourth-order valence-electron chi connectivity index (χ4n) is 3.00. The lowest BCUT2D eigenvalue weighted by atomic mass is 9.89. The molecule has 21 heavy (non-hydrogen) atoms. The lowest BCUT2D eigenvalue weighted by Gasteiger charge is -2.27. The van der Waals surface area contributed by atoms with Gasteiger partial charge in [0.25, 0.3) is 0 Å². The lowest BCUT2D eigenvalue weighted by Crippen LogP contribution is -2.37. The first-order valence-electron chi connectivity index (χ1n) is 7.77. The second kappa shape index (κ2) is 7.59. The quantitative estimate of drug-likeness (QED) is 0.772. The lowest BCUT2D eigenvalue weighted by molar-refractivity contribution is -0.127. The predicted molar refractivity (Wildman–Crippen MR) is 81.9 cm³/mol. The van der Waals surface area contributed by atoms with Crippen molar-refractivity contribution >= 4 is 5.91 Å². The van der Waals surface area contributed by atoms with Gasteiger partial charge in [-0.05, 0) is 33.6 Å². The number of carbonyl (C=O) groups is 1. The molecule has 1 amide bonds. The molecule has 1 aromatic rings. The molecular formula is C16H28N2O3. The number of nitrogens with zero attached hydrogens (tertiary/aromatic N) is 1. The molecule has 5 heteroatoms. The summed E-state index contributed by atoms with van der Waals surface area (Å²) in [4.78, 5) is 12.2. The third-order valence-corrected chi connectivity index (χ3v) is 3.82. The standard InChI is InChI=1S/C16H28N2O3/c1-6-8-16(20,9-7-2)10-14(19)17-11(3)15-12(4)18-21-13(15)5/h11,20H,6-10H2,1-5H3,(H,17,19). The molecule has 0 radical (unpaired) electrons. The van der Waals surface area contributed by atoms with Crippen molar-refractivity contribution in [1.82, 2.24) is 10.5 Å². The van der Waals surface area contributed by atoms with Gasteiger partial charge < -0.3 is 14.9 Å². The number of nitrogens with one attached hydrogen (secondary N) is 1. The first-order chi connectivity index (χ1) is 9.83. The minimum Gasteiger partial charge on any atom is -0.389 e. The van der Waals surface area contributed by atoms with Gasteiger partial charge in [0.1, 0.15) is 5.76 Å². The smallest absolute Gasteiger partial charge is 0.223 e. The van der Waals surface area contributed by atoms with E-state index in [-0.39, 0.29) is 18.4 Å². The molecule has 0 saturated carbocycles. The monoisotopic (exact) mass is 296 g/mol. The van der Waals surface area contributed by atoms with E-state index in [1.165, 1.54) is 0 Å². The summed E-state index contributed by atoms with van der Waals surface area (Å²) >= 11 is 0. The number of hydrogen-bond donors (Lipinski definition) is 2. The van der Waals surface area contributed by atoms with Crippen molar-refractivity contribution in [3.63, 3.8) is 0 Å². The number of carbonyl (C=O) groups excluding carboxylic acids is 1. The van der Waals surface area contributed by atoms with Crippen LogP contribution in [0, 0.1) is 13.8 Å². The van der Waals surface area contributed by atoms with Crippen molar-refractivity contribution in [2.24, 2.45) is 0 Å². The van der Waals surface area contributed by atoms with Crippen molar-refractivity contribution in [2.45, 2.75) is 78.4 Å². The van der Waals surface area contributed by atoms with Gasteiger partial charge in [-0.3, -0.25) is 4.79 Å². The van der Waals surface area contributed by atoms with Crippen LogP contribution in [0.25, 0.3) is 0 Å². The molecule has 0 aliphatic heterocycles. The van der Waals surface area contributed by atoms with E-state index in [2.05, 4.69) is 10.5 Å². The van der Waals surface area contributed by atoms with Gasteiger partial charge in [0, 0.05) is 5.56 Å². The highest BCUT2D eigenvalue weighted by atomic mass is 16.5. The summed E-state index contributed by atoms with van der Waals surface area (Å²) < 4.78 is 5.13. The zero-order valence-corrected chi connectivity index (χ0v) is 13.8. The van der Waals surface area contributed by atoms with Crippen LogP contribution in [0.3, 0.4) is 0 Å². The number of amides is 1. The Morgan fingerprint density at radius 3 is 2.33 bits per heavy atom. The van der Waals surface area contributed by atoms with Crippen LogP contribution in [0.4, 0.5) is 0 Å².